The normalized spacial score (nSPS) is 12.7. The first kappa shape index (κ1) is 23.8. The van der Waals surface area contributed by atoms with Crippen molar-refractivity contribution in [3.8, 4) is 10.4 Å². The lowest BCUT2D eigenvalue weighted by Gasteiger charge is -2.22. The van der Waals surface area contributed by atoms with Gasteiger partial charge >= 0.3 is 0 Å². The number of nitrogens with one attached hydrogen (secondary N) is 1. The molecule has 0 unspecified atom stereocenters. The number of amides is 2. The van der Waals surface area contributed by atoms with Crippen molar-refractivity contribution in [2.45, 2.75) is 19.8 Å². The molecular formula is C26H26N4O2S2. The van der Waals surface area contributed by atoms with E-state index in [1.54, 1.807) is 28.8 Å². The molecule has 2 atom stereocenters. The summed E-state index contributed by atoms with van der Waals surface area (Å²) in [4.78, 5) is 29.4. The van der Waals surface area contributed by atoms with Gasteiger partial charge in [0.25, 0.3) is 5.91 Å². The third-order valence-electron chi connectivity index (χ3n) is 5.83. The first-order valence-electron chi connectivity index (χ1n) is 11.1. The van der Waals surface area contributed by atoms with Crippen molar-refractivity contribution in [2.24, 2.45) is 5.92 Å². The molecule has 1 N–H and O–H groups in total. The van der Waals surface area contributed by atoms with Crippen LogP contribution in [0.1, 0.15) is 40.6 Å². The van der Waals surface area contributed by atoms with Crippen LogP contribution in [0.5, 0.6) is 0 Å². The van der Waals surface area contributed by atoms with E-state index in [9.17, 15) is 9.59 Å². The van der Waals surface area contributed by atoms with Crippen LogP contribution in [0.15, 0.2) is 72.2 Å². The molecular weight excluding hydrogens is 464 g/mol. The third-order valence-corrected chi connectivity index (χ3v) is 7.66. The maximum absolute atomic E-state index is 13.1. The van der Waals surface area contributed by atoms with E-state index in [0.717, 1.165) is 20.9 Å². The number of hydrogen-bond acceptors (Lipinski definition) is 6. The van der Waals surface area contributed by atoms with Crippen LogP contribution in [0.2, 0.25) is 0 Å². The molecule has 0 fully saturated rings. The van der Waals surface area contributed by atoms with Crippen molar-refractivity contribution in [1.29, 1.82) is 0 Å². The summed E-state index contributed by atoms with van der Waals surface area (Å²) in [6.07, 6.45) is 0. The molecule has 0 aliphatic carbocycles. The summed E-state index contributed by atoms with van der Waals surface area (Å²) in [7, 11) is 1.80. The van der Waals surface area contributed by atoms with Gasteiger partial charge in [0, 0.05) is 40.7 Å². The van der Waals surface area contributed by atoms with Gasteiger partial charge in [0.05, 0.1) is 0 Å². The van der Waals surface area contributed by atoms with Crippen LogP contribution in [0.25, 0.3) is 10.4 Å². The number of thiophene rings is 1. The van der Waals surface area contributed by atoms with Gasteiger partial charge in [-0.25, -0.2) is 0 Å². The van der Waals surface area contributed by atoms with Crippen LogP contribution in [0, 0.1) is 5.92 Å². The molecule has 0 saturated carbocycles. The zero-order valence-electron chi connectivity index (χ0n) is 19.3. The molecule has 2 aromatic heterocycles. The van der Waals surface area contributed by atoms with Crippen LogP contribution >= 0.6 is 22.7 Å². The third kappa shape index (κ3) is 5.24. The topological polar surface area (TPSA) is 75.2 Å². The zero-order chi connectivity index (χ0) is 24.1. The van der Waals surface area contributed by atoms with Crippen LogP contribution in [0.4, 0.5) is 5.13 Å². The lowest BCUT2D eigenvalue weighted by Crippen LogP contribution is -2.26. The Balaban J connectivity index is 1.61. The van der Waals surface area contributed by atoms with Crippen molar-refractivity contribution in [2.75, 3.05) is 18.9 Å². The summed E-state index contributed by atoms with van der Waals surface area (Å²) in [5, 5.41) is 11.1. The Morgan fingerprint density at radius 3 is 2.41 bits per heavy atom. The molecule has 4 aromatic rings. The van der Waals surface area contributed by atoms with Crippen molar-refractivity contribution in [3.63, 3.8) is 0 Å². The molecule has 174 valence electrons. The molecule has 6 nitrogen and oxygen atoms in total. The predicted molar refractivity (Wildman–Crippen MR) is 138 cm³/mol. The van der Waals surface area contributed by atoms with Gasteiger partial charge in [0.1, 0.15) is 5.51 Å². The van der Waals surface area contributed by atoms with E-state index >= 15 is 0 Å². The van der Waals surface area contributed by atoms with Crippen molar-refractivity contribution in [1.82, 2.24) is 15.1 Å². The Morgan fingerprint density at radius 2 is 1.76 bits per heavy atom. The number of aromatic nitrogens is 2. The van der Waals surface area contributed by atoms with Crippen molar-refractivity contribution >= 4 is 39.6 Å². The van der Waals surface area contributed by atoms with Gasteiger partial charge in [-0.2, -0.15) is 0 Å². The number of carbonyl (C=O) groups is 2. The summed E-state index contributed by atoms with van der Waals surface area (Å²) in [5.74, 6) is -0.502. The molecule has 0 aliphatic heterocycles. The Hall–Kier alpha value is -3.36. The highest BCUT2D eigenvalue weighted by Crippen LogP contribution is 2.39. The minimum Gasteiger partial charge on any atom is -0.342 e. The van der Waals surface area contributed by atoms with Gasteiger partial charge in [0.2, 0.25) is 11.0 Å². The minimum atomic E-state index is -0.317. The van der Waals surface area contributed by atoms with Crippen LogP contribution < -0.4 is 5.32 Å². The second-order valence-corrected chi connectivity index (χ2v) is 9.96. The highest BCUT2D eigenvalue weighted by molar-refractivity contribution is 7.15. The molecule has 34 heavy (non-hydrogen) atoms. The molecule has 2 aromatic carbocycles. The van der Waals surface area contributed by atoms with E-state index in [1.807, 2.05) is 56.3 Å². The number of carbonyl (C=O) groups excluding carboxylic acids is 2. The van der Waals surface area contributed by atoms with E-state index in [0.29, 0.717) is 17.2 Å². The fraction of sp³-hybridized carbons (Fsp3) is 0.231. The lowest BCUT2D eigenvalue weighted by atomic mass is 9.85. The highest BCUT2D eigenvalue weighted by Gasteiger charge is 2.29. The van der Waals surface area contributed by atoms with E-state index in [1.165, 1.54) is 11.3 Å². The molecule has 0 bridgehead atoms. The van der Waals surface area contributed by atoms with E-state index in [2.05, 4.69) is 39.8 Å². The van der Waals surface area contributed by atoms with Gasteiger partial charge in [0.15, 0.2) is 0 Å². The predicted octanol–water partition coefficient (Wildman–Crippen LogP) is 5.77. The van der Waals surface area contributed by atoms with E-state index < -0.39 is 0 Å². The number of hydrogen-bond donors (Lipinski definition) is 1. The number of rotatable bonds is 8. The Morgan fingerprint density at radius 1 is 1.03 bits per heavy atom. The van der Waals surface area contributed by atoms with Gasteiger partial charge in [-0.15, -0.1) is 21.5 Å². The lowest BCUT2D eigenvalue weighted by molar-refractivity contribution is -0.119. The first-order valence-corrected chi connectivity index (χ1v) is 12.7. The van der Waals surface area contributed by atoms with Crippen LogP contribution in [-0.4, -0.2) is 40.5 Å². The summed E-state index contributed by atoms with van der Waals surface area (Å²) in [5.41, 5.74) is 4.40. The number of benzene rings is 2. The molecule has 0 aliphatic rings. The first-order chi connectivity index (χ1) is 16.5. The molecule has 0 radical (unpaired) electrons. The maximum atomic E-state index is 13.1. The molecule has 4 rings (SSSR count). The second-order valence-electron chi connectivity index (χ2n) is 8.01. The van der Waals surface area contributed by atoms with E-state index in [-0.39, 0.29) is 23.7 Å². The number of anilines is 1. The largest absolute Gasteiger partial charge is 0.342 e. The standard InChI is InChI=1S/C26H26N4O2S2/c1-4-30(3)25(32)20-12-10-18(11-13-20)21-14-15-22(34-21)23(19-8-6-5-7-9-19)17(2)24(31)28-26-29-27-16-33-26/h5-17,23H,4H2,1-3H3,(H,28,29,31)/t17-,23-/m1/s1. The van der Waals surface area contributed by atoms with Gasteiger partial charge in [-0.05, 0) is 42.3 Å². The summed E-state index contributed by atoms with van der Waals surface area (Å²) in [6, 6.07) is 22.0. The smallest absolute Gasteiger partial charge is 0.253 e. The Labute approximate surface area is 207 Å². The van der Waals surface area contributed by atoms with Crippen molar-refractivity contribution in [3.05, 3.63) is 88.2 Å². The average Bonchev–Trinajstić information content (AvgIpc) is 3.56. The molecule has 0 saturated heterocycles. The summed E-state index contributed by atoms with van der Waals surface area (Å²) < 4.78 is 0. The average molecular weight is 491 g/mol. The molecule has 8 heteroatoms. The molecule has 0 spiro atoms. The SMILES string of the molecule is CCN(C)C(=O)c1ccc(-c2ccc([C@@H](c3ccccc3)[C@@H](C)C(=O)Nc3nncs3)s2)cc1. The number of nitrogens with zero attached hydrogens (tertiary/aromatic N) is 3. The Kier molecular flexibility index (Phi) is 7.49. The maximum Gasteiger partial charge on any atom is 0.253 e. The molecule has 2 amide bonds. The second kappa shape index (κ2) is 10.7. The van der Waals surface area contributed by atoms with Crippen LogP contribution in [-0.2, 0) is 4.79 Å². The zero-order valence-corrected chi connectivity index (χ0v) is 20.9. The fourth-order valence-electron chi connectivity index (χ4n) is 3.77. The summed E-state index contributed by atoms with van der Waals surface area (Å²) >= 11 is 2.97. The molecule has 2 heterocycles. The highest BCUT2D eigenvalue weighted by atomic mass is 32.1. The summed E-state index contributed by atoms with van der Waals surface area (Å²) in [6.45, 7) is 4.57. The monoisotopic (exact) mass is 490 g/mol. The van der Waals surface area contributed by atoms with E-state index in [4.69, 9.17) is 0 Å². The fourth-order valence-corrected chi connectivity index (χ4v) is 5.47. The van der Waals surface area contributed by atoms with Gasteiger partial charge in [-0.1, -0.05) is 60.7 Å². The van der Waals surface area contributed by atoms with Gasteiger partial charge in [-0.3, -0.25) is 9.59 Å². The van der Waals surface area contributed by atoms with Crippen LogP contribution in [0.3, 0.4) is 0 Å². The van der Waals surface area contributed by atoms with Gasteiger partial charge < -0.3 is 10.2 Å². The minimum absolute atomic E-state index is 0.0142. The van der Waals surface area contributed by atoms with Crippen molar-refractivity contribution < 1.29 is 9.59 Å². The quantitative estimate of drug-likeness (QED) is 0.340. The Bertz CT molecular complexity index is 1240.